The Morgan fingerprint density at radius 1 is 1.19 bits per heavy atom. The van der Waals surface area contributed by atoms with Gasteiger partial charge in [-0.05, 0) is 54.8 Å². The molecular formula is C21H21F4N4O6P. The maximum atomic E-state index is 13.8. The van der Waals surface area contributed by atoms with Gasteiger partial charge in [0.05, 0.1) is 29.1 Å². The van der Waals surface area contributed by atoms with Crippen LogP contribution < -0.4 is 5.32 Å². The van der Waals surface area contributed by atoms with Crippen LogP contribution >= 0.6 is 7.82 Å². The number of aryl methyl sites for hydroxylation is 1. The maximum Gasteiger partial charge on any atom is 0.469 e. The molecule has 4 N–H and O–H groups in total. The van der Waals surface area contributed by atoms with Crippen LogP contribution in [0.25, 0.3) is 5.82 Å². The van der Waals surface area contributed by atoms with Crippen LogP contribution in [0.5, 0.6) is 0 Å². The van der Waals surface area contributed by atoms with Crippen molar-refractivity contribution in [3.05, 3.63) is 76.0 Å². The number of nitrogens with one attached hydrogen (secondary N) is 1. The fourth-order valence-corrected chi connectivity index (χ4v) is 3.72. The van der Waals surface area contributed by atoms with E-state index in [1.807, 2.05) is 0 Å². The number of aliphatic hydroxyl groups is 1. The smallest absolute Gasteiger partial charge is 0.395 e. The number of halogens is 4. The average Bonchev–Trinajstić information content (AvgIpc) is 3.11. The molecule has 36 heavy (non-hydrogen) atoms. The maximum absolute atomic E-state index is 13.8. The van der Waals surface area contributed by atoms with E-state index in [1.165, 1.54) is 25.3 Å². The summed E-state index contributed by atoms with van der Waals surface area (Å²) in [5, 5.41) is 15.6. The van der Waals surface area contributed by atoms with Crippen LogP contribution in [-0.2, 0) is 28.3 Å². The molecule has 0 aliphatic heterocycles. The molecular weight excluding hydrogens is 511 g/mol. The quantitative estimate of drug-likeness (QED) is 0.243. The van der Waals surface area contributed by atoms with E-state index in [4.69, 9.17) is 14.9 Å². The van der Waals surface area contributed by atoms with Crippen LogP contribution in [0.3, 0.4) is 0 Å². The van der Waals surface area contributed by atoms with E-state index < -0.39 is 37.9 Å². The first-order valence-electron chi connectivity index (χ1n) is 10.3. The second kappa shape index (κ2) is 10.8. The zero-order valence-corrected chi connectivity index (χ0v) is 19.6. The van der Waals surface area contributed by atoms with E-state index >= 15 is 0 Å². The lowest BCUT2D eigenvalue weighted by Gasteiger charge is -2.12. The molecule has 2 heterocycles. The van der Waals surface area contributed by atoms with Gasteiger partial charge in [-0.2, -0.15) is 18.3 Å². The Kier molecular flexibility index (Phi) is 8.26. The Bertz CT molecular complexity index is 1310. The van der Waals surface area contributed by atoms with Crippen molar-refractivity contribution < 1.29 is 46.3 Å². The number of amides is 1. The Hall–Kier alpha value is -3.16. The van der Waals surface area contributed by atoms with Crippen LogP contribution in [0, 0.1) is 12.7 Å². The van der Waals surface area contributed by atoms with Gasteiger partial charge in [-0.25, -0.2) is 18.6 Å². The molecule has 0 fully saturated rings. The van der Waals surface area contributed by atoms with Crippen molar-refractivity contribution in [2.45, 2.75) is 26.1 Å². The van der Waals surface area contributed by atoms with Crippen molar-refractivity contribution in [2.24, 2.45) is 0 Å². The molecule has 0 aliphatic carbocycles. The minimum absolute atomic E-state index is 0.0465. The van der Waals surface area contributed by atoms with E-state index in [9.17, 15) is 26.9 Å². The first kappa shape index (κ1) is 27.4. The number of rotatable bonds is 9. The molecule has 3 rings (SSSR count). The van der Waals surface area contributed by atoms with Crippen LogP contribution in [0.1, 0.15) is 38.4 Å². The van der Waals surface area contributed by atoms with Gasteiger partial charge in [-0.1, -0.05) is 0 Å². The summed E-state index contributed by atoms with van der Waals surface area (Å²) in [6.45, 7) is 0.273. The van der Waals surface area contributed by atoms with Gasteiger partial charge >= 0.3 is 14.0 Å². The highest BCUT2D eigenvalue weighted by Gasteiger charge is 2.31. The SMILES string of the molecule is Cc1nn(-c2cc(Cc3cc(F)cc(C(F)(F)F)c3)ccn2)c(COP(=O)(O)O)c1C(=O)NCCO. The van der Waals surface area contributed by atoms with Crippen LogP contribution in [0.15, 0.2) is 36.5 Å². The molecule has 0 atom stereocenters. The van der Waals surface area contributed by atoms with Crippen LogP contribution in [0.4, 0.5) is 17.6 Å². The summed E-state index contributed by atoms with van der Waals surface area (Å²) in [4.78, 5) is 35.0. The summed E-state index contributed by atoms with van der Waals surface area (Å²) in [5.74, 6) is -1.67. The molecule has 194 valence electrons. The molecule has 1 amide bonds. The van der Waals surface area contributed by atoms with Gasteiger partial charge in [0.2, 0.25) is 0 Å². The van der Waals surface area contributed by atoms with Crippen molar-refractivity contribution in [3.63, 3.8) is 0 Å². The van der Waals surface area contributed by atoms with Crippen molar-refractivity contribution in [3.8, 4) is 5.82 Å². The van der Waals surface area contributed by atoms with Crippen molar-refractivity contribution in [1.82, 2.24) is 20.1 Å². The number of benzene rings is 1. The number of phosphoric acid groups is 1. The fraction of sp³-hybridized carbons (Fsp3) is 0.286. The topological polar surface area (TPSA) is 147 Å². The number of phosphoric ester groups is 1. The van der Waals surface area contributed by atoms with Gasteiger partial charge in [0, 0.05) is 12.7 Å². The van der Waals surface area contributed by atoms with Crippen molar-refractivity contribution >= 4 is 13.7 Å². The normalized spacial score (nSPS) is 12.1. The predicted octanol–water partition coefficient (Wildman–Crippen LogP) is 2.66. The Balaban J connectivity index is 2.01. The number of carbonyl (C=O) groups is 1. The third-order valence-corrected chi connectivity index (χ3v) is 5.34. The minimum atomic E-state index is -4.94. The summed E-state index contributed by atoms with van der Waals surface area (Å²) in [6.07, 6.45) is -3.52. The van der Waals surface area contributed by atoms with E-state index in [-0.39, 0.29) is 47.9 Å². The highest BCUT2D eigenvalue weighted by atomic mass is 31.2. The zero-order chi connectivity index (χ0) is 26.7. The van der Waals surface area contributed by atoms with Crippen LogP contribution in [-0.4, -0.2) is 48.7 Å². The molecule has 10 nitrogen and oxygen atoms in total. The molecule has 0 unspecified atom stereocenters. The monoisotopic (exact) mass is 532 g/mol. The van der Waals surface area contributed by atoms with Crippen molar-refractivity contribution in [1.29, 1.82) is 0 Å². The van der Waals surface area contributed by atoms with E-state index in [1.54, 1.807) is 0 Å². The second-order valence-corrected chi connectivity index (χ2v) is 8.85. The lowest BCUT2D eigenvalue weighted by atomic mass is 10.0. The molecule has 1 aromatic carbocycles. The number of alkyl halides is 3. The Labute approximate surface area is 201 Å². The molecule has 15 heteroatoms. The number of aliphatic hydroxyl groups excluding tert-OH is 1. The van der Waals surface area contributed by atoms with Gasteiger partial charge in [-0.15, -0.1) is 0 Å². The first-order chi connectivity index (χ1) is 16.8. The summed E-state index contributed by atoms with van der Waals surface area (Å²) in [5.41, 5.74) is -0.651. The average molecular weight is 532 g/mol. The largest absolute Gasteiger partial charge is 0.469 e. The number of aromatic nitrogens is 3. The van der Waals surface area contributed by atoms with Crippen LogP contribution in [0.2, 0.25) is 0 Å². The molecule has 0 radical (unpaired) electrons. The molecule has 0 saturated carbocycles. The number of pyridine rings is 1. The number of carbonyl (C=O) groups excluding carboxylic acids is 1. The third-order valence-electron chi connectivity index (χ3n) is 4.87. The van der Waals surface area contributed by atoms with E-state index in [0.29, 0.717) is 11.6 Å². The molecule has 0 aliphatic rings. The molecule has 0 spiro atoms. The minimum Gasteiger partial charge on any atom is -0.395 e. The number of hydrogen-bond acceptors (Lipinski definition) is 6. The molecule has 2 aromatic heterocycles. The molecule has 0 bridgehead atoms. The highest BCUT2D eigenvalue weighted by Crippen LogP contribution is 2.38. The van der Waals surface area contributed by atoms with E-state index in [0.717, 1.165) is 16.8 Å². The summed E-state index contributed by atoms with van der Waals surface area (Å²) in [7, 11) is -4.94. The third kappa shape index (κ3) is 6.95. The second-order valence-electron chi connectivity index (χ2n) is 7.61. The summed E-state index contributed by atoms with van der Waals surface area (Å²) in [6, 6.07) is 5.09. The fourth-order valence-electron chi connectivity index (χ4n) is 3.43. The van der Waals surface area contributed by atoms with Gasteiger partial charge in [0.1, 0.15) is 12.4 Å². The van der Waals surface area contributed by atoms with Gasteiger partial charge in [0.15, 0.2) is 5.82 Å². The Morgan fingerprint density at radius 3 is 2.56 bits per heavy atom. The lowest BCUT2D eigenvalue weighted by molar-refractivity contribution is -0.137. The first-order valence-corrected chi connectivity index (χ1v) is 11.8. The highest BCUT2D eigenvalue weighted by molar-refractivity contribution is 7.46. The van der Waals surface area contributed by atoms with Gasteiger partial charge in [-0.3, -0.25) is 9.32 Å². The van der Waals surface area contributed by atoms with Gasteiger partial charge < -0.3 is 20.2 Å². The Morgan fingerprint density at radius 2 is 1.92 bits per heavy atom. The summed E-state index contributed by atoms with van der Waals surface area (Å²) >= 11 is 0. The zero-order valence-electron chi connectivity index (χ0n) is 18.7. The molecule has 0 saturated heterocycles. The number of nitrogens with zero attached hydrogens (tertiary/aromatic N) is 3. The van der Waals surface area contributed by atoms with Crippen molar-refractivity contribution in [2.75, 3.05) is 13.2 Å². The lowest BCUT2D eigenvalue weighted by Crippen LogP contribution is -2.27. The predicted molar refractivity (Wildman–Crippen MR) is 117 cm³/mol. The number of hydrogen-bond donors (Lipinski definition) is 4. The van der Waals surface area contributed by atoms with Gasteiger partial charge in [0.25, 0.3) is 5.91 Å². The molecule has 3 aromatic rings. The summed E-state index contributed by atoms with van der Waals surface area (Å²) < 4.78 is 69.9. The van der Waals surface area contributed by atoms with E-state index in [2.05, 4.69) is 19.9 Å². The standard InChI is InChI=1S/C21H21F4N4O6P/c1-12-19(20(31)27-4-5-30)17(11-35-36(32,33)34)29(28-12)18-9-13(2-3-26-18)6-14-7-15(21(23,24)25)10-16(22)8-14/h2-3,7-10,30H,4-6,11H2,1H3,(H,27,31)(H2,32,33,34).